The number of rotatable bonds is 1. The molecule has 0 radical (unpaired) electrons. The van der Waals surface area contributed by atoms with Gasteiger partial charge in [-0.05, 0) is 37.1 Å². The minimum absolute atomic E-state index is 0. The fourth-order valence-electron chi connectivity index (χ4n) is 1.91. The molecule has 0 heterocycles. The van der Waals surface area contributed by atoms with Crippen LogP contribution >= 0.6 is 12.4 Å². The highest BCUT2D eigenvalue weighted by molar-refractivity contribution is 5.85. The summed E-state index contributed by atoms with van der Waals surface area (Å²) in [6.07, 6.45) is 4.34. The third-order valence-electron chi connectivity index (χ3n) is 2.60. The van der Waals surface area contributed by atoms with Crippen molar-refractivity contribution in [1.29, 1.82) is 0 Å². The first-order chi connectivity index (χ1) is 3.35. The van der Waals surface area contributed by atoms with Crippen LogP contribution in [0.3, 0.4) is 0 Å². The summed E-state index contributed by atoms with van der Waals surface area (Å²) in [6, 6.07) is 0. The third-order valence-corrected chi connectivity index (χ3v) is 2.60. The van der Waals surface area contributed by atoms with Crippen molar-refractivity contribution in [2.24, 2.45) is 17.1 Å². The maximum Gasteiger partial charge on any atom is -0.00202 e. The summed E-state index contributed by atoms with van der Waals surface area (Å²) in [5.41, 5.74) is 6.19. The Hall–Kier alpha value is 0.250. The Kier molecular flexibility index (Phi) is 1.28. The molecule has 2 bridgehead atoms. The van der Waals surface area contributed by atoms with Crippen LogP contribution in [-0.2, 0) is 0 Å². The zero-order valence-electron chi connectivity index (χ0n) is 4.89. The van der Waals surface area contributed by atoms with E-state index in [1.807, 2.05) is 0 Å². The summed E-state index contributed by atoms with van der Waals surface area (Å²) >= 11 is 0. The lowest BCUT2D eigenvalue weighted by Crippen LogP contribution is -2.55. The maximum absolute atomic E-state index is 5.51. The van der Waals surface area contributed by atoms with Crippen LogP contribution in [0.15, 0.2) is 0 Å². The lowest BCUT2D eigenvalue weighted by molar-refractivity contribution is -0.0964. The van der Waals surface area contributed by atoms with Crippen molar-refractivity contribution < 1.29 is 0 Å². The van der Waals surface area contributed by atoms with Gasteiger partial charge in [0.25, 0.3) is 0 Å². The summed E-state index contributed by atoms with van der Waals surface area (Å²) in [6.45, 7) is 0.948. The summed E-state index contributed by atoms with van der Waals surface area (Å²) in [5.74, 6) is 1.10. The Morgan fingerprint density at radius 2 is 1.88 bits per heavy atom. The van der Waals surface area contributed by atoms with Crippen LogP contribution < -0.4 is 5.73 Å². The van der Waals surface area contributed by atoms with Crippen LogP contribution in [0.5, 0.6) is 0 Å². The van der Waals surface area contributed by atoms with E-state index in [0.29, 0.717) is 5.41 Å². The maximum atomic E-state index is 5.51. The second-order valence-electron chi connectivity index (χ2n) is 3.18. The Morgan fingerprint density at radius 3 is 1.88 bits per heavy atom. The van der Waals surface area contributed by atoms with Gasteiger partial charge in [-0.1, -0.05) is 0 Å². The van der Waals surface area contributed by atoms with Gasteiger partial charge < -0.3 is 5.73 Å². The van der Waals surface area contributed by atoms with Gasteiger partial charge in [-0.2, -0.15) is 0 Å². The van der Waals surface area contributed by atoms with E-state index >= 15 is 0 Å². The Labute approximate surface area is 56.0 Å². The normalized spacial score (nSPS) is 48.4. The Morgan fingerprint density at radius 1 is 1.38 bits per heavy atom. The van der Waals surface area contributed by atoms with Crippen LogP contribution in [0.4, 0.5) is 0 Å². The average Bonchev–Trinajstić information content (AvgIpc) is 1.25. The second kappa shape index (κ2) is 1.61. The highest BCUT2D eigenvalue weighted by Crippen LogP contribution is 2.63. The SMILES string of the molecule is Cl.NCC12CC(C1)C2. The molecule has 0 atom stereocenters. The Balaban J connectivity index is 0.000000320. The molecule has 8 heavy (non-hydrogen) atoms. The molecular weight excluding hydrogens is 122 g/mol. The quantitative estimate of drug-likeness (QED) is 0.571. The van der Waals surface area contributed by atoms with E-state index in [9.17, 15) is 0 Å². The van der Waals surface area contributed by atoms with Crippen molar-refractivity contribution in [1.82, 2.24) is 0 Å². The molecule has 3 aliphatic rings. The van der Waals surface area contributed by atoms with E-state index in [2.05, 4.69) is 0 Å². The van der Waals surface area contributed by atoms with Crippen molar-refractivity contribution >= 4 is 12.4 Å². The molecular formula is C6H12ClN. The van der Waals surface area contributed by atoms with Crippen molar-refractivity contribution in [2.75, 3.05) is 6.54 Å². The monoisotopic (exact) mass is 133 g/mol. The molecule has 0 spiro atoms. The van der Waals surface area contributed by atoms with E-state index in [-0.39, 0.29) is 12.4 Å². The molecule has 0 amide bonds. The molecule has 0 aliphatic heterocycles. The standard InChI is InChI=1S/C6H11N.ClH/c7-4-6-1-5(2-6)3-6;/h5H,1-4,7H2;1H. The zero-order chi connectivity index (χ0) is 4.91. The highest BCUT2D eigenvalue weighted by atomic mass is 35.5. The molecule has 3 saturated carbocycles. The van der Waals surface area contributed by atoms with E-state index in [1.54, 1.807) is 0 Å². The van der Waals surface area contributed by atoms with E-state index in [1.165, 1.54) is 19.3 Å². The topological polar surface area (TPSA) is 26.0 Å². The number of hydrogen-bond acceptors (Lipinski definition) is 1. The molecule has 0 unspecified atom stereocenters. The number of hydrogen-bond donors (Lipinski definition) is 1. The molecule has 0 saturated heterocycles. The summed E-state index contributed by atoms with van der Waals surface area (Å²) in [4.78, 5) is 0. The minimum Gasteiger partial charge on any atom is -0.330 e. The van der Waals surface area contributed by atoms with Crippen LogP contribution in [-0.4, -0.2) is 6.54 Å². The molecule has 0 aromatic heterocycles. The predicted molar refractivity (Wildman–Crippen MR) is 36.1 cm³/mol. The summed E-state index contributed by atoms with van der Waals surface area (Å²) in [5, 5.41) is 0. The first-order valence-corrected chi connectivity index (χ1v) is 3.05. The van der Waals surface area contributed by atoms with Crippen molar-refractivity contribution in [3.05, 3.63) is 0 Å². The van der Waals surface area contributed by atoms with Gasteiger partial charge in [0.2, 0.25) is 0 Å². The predicted octanol–water partition coefficient (Wildman–Crippen LogP) is 1.17. The molecule has 2 N–H and O–H groups in total. The molecule has 3 rings (SSSR count). The fourth-order valence-corrected chi connectivity index (χ4v) is 1.91. The molecule has 48 valence electrons. The number of halogens is 1. The van der Waals surface area contributed by atoms with Gasteiger partial charge in [0, 0.05) is 0 Å². The lowest BCUT2D eigenvalue weighted by atomic mass is 9.44. The summed E-state index contributed by atoms with van der Waals surface area (Å²) in [7, 11) is 0. The van der Waals surface area contributed by atoms with Crippen LogP contribution in [0.1, 0.15) is 19.3 Å². The van der Waals surface area contributed by atoms with Gasteiger partial charge in [0.05, 0.1) is 0 Å². The molecule has 0 aromatic carbocycles. The van der Waals surface area contributed by atoms with Gasteiger partial charge >= 0.3 is 0 Å². The fraction of sp³-hybridized carbons (Fsp3) is 1.00. The lowest BCUT2D eigenvalue weighted by Gasteiger charge is -2.61. The number of nitrogens with two attached hydrogens (primary N) is 1. The minimum atomic E-state index is 0. The van der Waals surface area contributed by atoms with Crippen molar-refractivity contribution in [2.45, 2.75) is 19.3 Å². The second-order valence-corrected chi connectivity index (χ2v) is 3.18. The van der Waals surface area contributed by atoms with E-state index in [4.69, 9.17) is 5.73 Å². The average molecular weight is 134 g/mol. The van der Waals surface area contributed by atoms with Crippen LogP contribution in [0.25, 0.3) is 0 Å². The highest BCUT2D eigenvalue weighted by Gasteiger charge is 2.55. The summed E-state index contributed by atoms with van der Waals surface area (Å²) < 4.78 is 0. The van der Waals surface area contributed by atoms with Crippen LogP contribution in [0, 0.1) is 11.3 Å². The zero-order valence-corrected chi connectivity index (χ0v) is 5.71. The molecule has 2 heteroatoms. The first-order valence-electron chi connectivity index (χ1n) is 3.05. The van der Waals surface area contributed by atoms with Gasteiger partial charge in [-0.15, -0.1) is 12.4 Å². The smallest absolute Gasteiger partial charge is 0.00202 e. The third kappa shape index (κ3) is 0.517. The van der Waals surface area contributed by atoms with Gasteiger partial charge in [-0.3, -0.25) is 0 Å². The van der Waals surface area contributed by atoms with E-state index < -0.39 is 0 Å². The molecule has 0 aromatic rings. The molecule has 3 fully saturated rings. The van der Waals surface area contributed by atoms with E-state index in [0.717, 1.165) is 12.5 Å². The van der Waals surface area contributed by atoms with Crippen molar-refractivity contribution in [3.8, 4) is 0 Å². The van der Waals surface area contributed by atoms with Crippen molar-refractivity contribution in [3.63, 3.8) is 0 Å². The molecule has 1 nitrogen and oxygen atoms in total. The van der Waals surface area contributed by atoms with Gasteiger partial charge in [0.15, 0.2) is 0 Å². The Bertz CT molecular complexity index is 79.7. The van der Waals surface area contributed by atoms with Gasteiger partial charge in [-0.25, -0.2) is 0 Å². The largest absolute Gasteiger partial charge is 0.330 e. The van der Waals surface area contributed by atoms with Crippen LogP contribution in [0.2, 0.25) is 0 Å². The van der Waals surface area contributed by atoms with Gasteiger partial charge in [0.1, 0.15) is 0 Å². The first kappa shape index (κ1) is 6.37. The molecule has 3 aliphatic carbocycles.